The minimum absolute atomic E-state index is 0.0344. The van der Waals surface area contributed by atoms with Gasteiger partial charge in [-0.25, -0.2) is 18.6 Å². The van der Waals surface area contributed by atoms with Crippen molar-refractivity contribution in [3.05, 3.63) is 34.3 Å². The molecule has 1 aromatic rings. The summed E-state index contributed by atoms with van der Waals surface area (Å²) in [6.07, 6.45) is -4.80. The average Bonchev–Trinajstić information content (AvgIpc) is 3.34. The van der Waals surface area contributed by atoms with E-state index in [4.69, 9.17) is 0 Å². The highest BCUT2D eigenvalue weighted by Gasteiger charge is 2.41. The van der Waals surface area contributed by atoms with Crippen molar-refractivity contribution in [3.63, 3.8) is 0 Å². The molecule has 0 saturated heterocycles. The lowest BCUT2D eigenvalue weighted by Gasteiger charge is -2.19. The molecule has 1 heterocycles. The molecule has 0 bridgehead atoms. The number of halogens is 5. The smallest absolute Gasteiger partial charge is 0.433 e. The van der Waals surface area contributed by atoms with Crippen LogP contribution in [-0.2, 0) is 22.1 Å². The molecular weight excluding hydrogens is 349 g/mol. The quantitative estimate of drug-likeness (QED) is 0.426. The molecule has 0 spiro atoms. The van der Waals surface area contributed by atoms with Crippen LogP contribution in [0.3, 0.4) is 0 Å². The van der Waals surface area contributed by atoms with Crippen LogP contribution in [0.15, 0.2) is 6.26 Å². The molecule has 1 aliphatic rings. The number of hydrogen-bond acceptors (Lipinski definition) is 4. The number of rotatable bonds is 6. The van der Waals surface area contributed by atoms with Crippen LogP contribution in [0.2, 0.25) is 0 Å². The molecule has 9 heteroatoms. The number of esters is 1. The maximum Gasteiger partial charge on any atom is 0.433 e. The summed E-state index contributed by atoms with van der Waals surface area (Å²) in [5, 5.41) is 0. The zero-order valence-electron chi connectivity index (χ0n) is 13.5. The molecule has 0 aliphatic heterocycles. The van der Waals surface area contributed by atoms with Crippen LogP contribution in [0.1, 0.15) is 52.1 Å². The van der Waals surface area contributed by atoms with Gasteiger partial charge in [0.1, 0.15) is 5.69 Å². The summed E-state index contributed by atoms with van der Waals surface area (Å²) in [5.41, 5.74) is -3.89. The van der Waals surface area contributed by atoms with Gasteiger partial charge in [0.05, 0.1) is 26.0 Å². The van der Waals surface area contributed by atoms with Crippen molar-refractivity contribution < 1.29 is 36.2 Å². The average molecular weight is 365 g/mol. The highest BCUT2D eigenvalue weighted by molar-refractivity contribution is 5.93. The van der Waals surface area contributed by atoms with Gasteiger partial charge in [-0.3, -0.25) is 0 Å². The van der Waals surface area contributed by atoms with Crippen molar-refractivity contribution in [2.24, 2.45) is 5.92 Å². The van der Waals surface area contributed by atoms with E-state index >= 15 is 0 Å². The van der Waals surface area contributed by atoms with E-state index in [9.17, 15) is 26.7 Å². The SMILES string of the molecule is CO/C=C/c1c(C(F)(F)F)nc(C(F)F)c(C(=O)OC)c1CC1CC1. The molecule has 0 radical (unpaired) electrons. The van der Waals surface area contributed by atoms with E-state index in [-0.39, 0.29) is 17.9 Å². The van der Waals surface area contributed by atoms with Gasteiger partial charge < -0.3 is 9.47 Å². The molecule has 1 saturated carbocycles. The first kappa shape index (κ1) is 19.1. The summed E-state index contributed by atoms with van der Waals surface area (Å²) in [4.78, 5) is 15.1. The molecule has 1 aliphatic carbocycles. The van der Waals surface area contributed by atoms with Crippen molar-refractivity contribution in [2.75, 3.05) is 14.2 Å². The molecule has 2 rings (SSSR count). The number of nitrogens with zero attached hydrogens (tertiary/aromatic N) is 1. The number of alkyl halides is 5. The van der Waals surface area contributed by atoms with Crippen molar-refractivity contribution >= 4 is 12.0 Å². The number of aromatic nitrogens is 1. The Morgan fingerprint density at radius 1 is 1.32 bits per heavy atom. The van der Waals surface area contributed by atoms with Gasteiger partial charge in [0.15, 0.2) is 5.69 Å². The van der Waals surface area contributed by atoms with E-state index in [2.05, 4.69) is 14.5 Å². The zero-order chi connectivity index (χ0) is 18.8. The van der Waals surface area contributed by atoms with Gasteiger partial charge in [-0.2, -0.15) is 13.2 Å². The van der Waals surface area contributed by atoms with Crippen LogP contribution < -0.4 is 0 Å². The summed E-state index contributed by atoms with van der Waals surface area (Å²) in [6.45, 7) is 0. The Hall–Kier alpha value is -2.19. The van der Waals surface area contributed by atoms with Crippen molar-refractivity contribution in [3.8, 4) is 0 Å². The fourth-order valence-electron chi connectivity index (χ4n) is 2.51. The minimum Gasteiger partial charge on any atom is -0.504 e. The lowest BCUT2D eigenvalue weighted by atomic mass is 9.93. The fraction of sp³-hybridized carbons (Fsp3) is 0.500. The Balaban J connectivity index is 2.83. The van der Waals surface area contributed by atoms with Gasteiger partial charge in [0.2, 0.25) is 0 Å². The molecular formula is C16H16F5NO3. The number of carbonyl (C=O) groups excluding carboxylic acids is 1. The van der Waals surface area contributed by atoms with Crippen molar-refractivity contribution in [1.82, 2.24) is 4.98 Å². The molecule has 1 fully saturated rings. The molecule has 0 N–H and O–H groups in total. The Morgan fingerprint density at radius 2 is 1.96 bits per heavy atom. The molecule has 0 atom stereocenters. The van der Waals surface area contributed by atoms with E-state index in [1.54, 1.807) is 0 Å². The number of hydrogen-bond donors (Lipinski definition) is 0. The van der Waals surface area contributed by atoms with Crippen molar-refractivity contribution in [1.29, 1.82) is 0 Å². The largest absolute Gasteiger partial charge is 0.504 e. The summed E-state index contributed by atoms with van der Waals surface area (Å²) in [6, 6.07) is 0. The number of ether oxygens (including phenoxy) is 2. The molecule has 0 aromatic carbocycles. The molecule has 0 unspecified atom stereocenters. The van der Waals surface area contributed by atoms with Crippen LogP contribution in [0.4, 0.5) is 22.0 Å². The molecule has 1 aromatic heterocycles. The van der Waals surface area contributed by atoms with E-state index in [1.807, 2.05) is 0 Å². The Kier molecular flexibility index (Phi) is 5.64. The maximum atomic E-state index is 13.4. The zero-order valence-corrected chi connectivity index (χ0v) is 13.5. The van der Waals surface area contributed by atoms with Crippen LogP contribution in [0.5, 0.6) is 0 Å². The standard InChI is InChI=1S/C16H16F5NO3/c1-24-6-5-9-10(7-8-3-4-8)11(15(23)25-2)12(14(17)18)22-13(9)16(19,20)21/h5-6,8,14H,3-4,7H2,1-2H3/b6-5+. The third kappa shape index (κ3) is 4.26. The lowest BCUT2D eigenvalue weighted by Crippen LogP contribution is -2.21. The van der Waals surface area contributed by atoms with Gasteiger partial charge in [-0.1, -0.05) is 0 Å². The molecule has 0 amide bonds. The third-order valence-electron chi connectivity index (χ3n) is 3.80. The van der Waals surface area contributed by atoms with Crippen LogP contribution in [0, 0.1) is 5.92 Å². The second kappa shape index (κ2) is 7.37. The van der Waals surface area contributed by atoms with Gasteiger partial charge >= 0.3 is 12.1 Å². The first-order valence-electron chi connectivity index (χ1n) is 7.40. The van der Waals surface area contributed by atoms with Crippen molar-refractivity contribution in [2.45, 2.75) is 31.9 Å². The second-order valence-electron chi connectivity index (χ2n) is 5.59. The maximum absolute atomic E-state index is 13.4. The summed E-state index contributed by atoms with van der Waals surface area (Å²) in [7, 11) is 2.20. The number of methoxy groups -OCH3 is 2. The number of carbonyl (C=O) groups is 1. The Bertz CT molecular complexity index is 681. The van der Waals surface area contributed by atoms with E-state index in [0.29, 0.717) is 0 Å². The topological polar surface area (TPSA) is 48.4 Å². The number of pyridine rings is 1. The first-order chi connectivity index (χ1) is 11.7. The lowest BCUT2D eigenvalue weighted by molar-refractivity contribution is -0.141. The third-order valence-corrected chi connectivity index (χ3v) is 3.80. The monoisotopic (exact) mass is 365 g/mol. The van der Waals surface area contributed by atoms with Gasteiger partial charge in [-0.15, -0.1) is 0 Å². The second-order valence-corrected chi connectivity index (χ2v) is 5.59. The normalized spacial score (nSPS) is 15.0. The van der Waals surface area contributed by atoms with Gasteiger partial charge in [0, 0.05) is 5.56 Å². The van der Waals surface area contributed by atoms with Gasteiger partial charge in [-0.05, 0) is 36.8 Å². The summed E-state index contributed by atoms with van der Waals surface area (Å²) < 4.78 is 75.9. The van der Waals surface area contributed by atoms with E-state index in [1.165, 1.54) is 7.11 Å². The summed E-state index contributed by atoms with van der Waals surface area (Å²) >= 11 is 0. The highest BCUT2D eigenvalue weighted by Crippen LogP contribution is 2.41. The minimum atomic E-state index is -4.97. The van der Waals surface area contributed by atoms with E-state index in [0.717, 1.165) is 32.3 Å². The molecule has 25 heavy (non-hydrogen) atoms. The Morgan fingerprint density at radius 3 is 2.40 bits per heavy atom. The fourth-order valence-corrected chi connectivity index (χ4v) is 2.51. The van der Waals surface area contributed by atoms with Crippen LogP contribution >= 0.6 is 0 Å². The first-order valence-corrected chi connectivity index (χ1v) is 7.40. The van der Waals surface area contributed by atoms with Crippen LogP contribution in [-0.4, -0.2) is 25.2 Å². The van der Waals surface area contributed by atoms with Gasteiger partial charge in [0.25, 0.3) is 6.43 Å². The molecule has 138 valence electrons. The summed E-state index contributed by atoms with van der Waals surface area (Å²) in [5.74, 6) is -1.11. The Labute approximate surface area is 140 Å². The predicted molar refractivity (Wildman–Crippen MR) is 78.0 cm³/mol. The molecule has 4 nitrogen and oxygen atoms in total. The predicted octanol–water partition coefficient (Wildman–Crippen LogP) is 4.39. The van der Waals surface area contributed by atoms with E-state index < -0.39 is 41.1 Å². The highest BCUT2D eigenvalue weighted by atomic mass is 19.4. The van der Waals surface area contributed by atoms with Crippen LogP contribution in [0.25, 0.3) is 6.08 Å².